The molecule has 86 valence electrons. The molecule has 0 spiro atoms. The molecule has 0 aliphatic rings. The van der Waals surface area contributed by atoms with Crippen LogP contribution in [-0.2, 0) is 0 Å². The second kappa shape index (κ2) is 5.58. The van der Waals surface area contributed by atoms with Crippen LogP contribution in [0.25, 0.3) is 0 Å². The Morgan fingerprint density at radius 3 is 2.73 bits per heavy atom. The molecule has 0 aliphatic carbocycles. The first-order valence-electron chi connectivity index (χ1n) is 4.78. The predicted molar refractivity (Wildman–Crippen MR) is 67.9 cm³/mol. The van der Waals surface area contributed by atoms with Gasteiger partial charge in [-0.2, -0.15) is 4.37 Å². The summed E-state index contributed by atoms with van der Waals surface area (Å²) in [6.45, 7) is 4.95. The molecule has 0 saturated carbocycles. The molecule has 1 aromatic heterocycles. The summed E-state index contributed by atoms with van der Waals surface area (Å²) in [6, 6.07) is 0.336. The van der Waals surface area contributed by atoms with E-state index < -0.39 is 0 Å². The summed E-state index contributed by atoms with van der Waals surface area (Å²) >= 11 is 3.00. The maximum absolute atomic E-state index is 9.02. The number of anilines is 2. The summed E-state index contributed by atoms with van der Waals surface area (Å²) in [7, 11) is 0. The number of nitrogens with two attached hydrogens (primary N) is 1. The molecule has 3 N–H and O–H groups in total. The van der Waals surface area contributed by atoms with Gasteiger partial charge in [0.2, 0.25) is 0 Å². The molecular formula is C9H17N3OS2. The second-order valence-corrected chi connectivity index (χ2v) is 4.99. The maximum atomic E-state index is 9.02. The lowest BCUT2D eigenvalue weighted by molar-refractivity contribution is 0.299. The molecule has 0 aromatic carbocycles. The van der Waals surface area contributed by atoms with Gasteiger partial charge < -0.3 is 15.7 Å². The lowest BCUT2D eigenvalue weighted by atomic mass is 10.3. The molecule has 1 rings (SSSR count). The van der Waals surface area contributed by atoms with E-state index in [2.05, 4.69) is 23.1 Å². The van der Waals surface area contributed by atoms with E-state index in [1.807, 2.05) is 6.26 Å². The van der Waals surface area contributed by atoms with Crippen molar-refractivity contribution in [2.45, 2.75) is 24.8 Å². The lowest BCUT2D eigenvalue weighted by Gasteiger charge is -2.26. The van der Waals surface area contributed by atoms with Crippen LogP contribution < -0.4 is 10.6 Å². The molecule has 0 unspecified atom stereocenters. The number of aromatic nitrogens is 1. The molecule has 0 fully saturated rings. The first-order chi connectivity index (χ1) is 7.11. The van der Waals surface area contributed by atoms with Gasteiger partial charge in [-0.05, 0) is 31.6 Å². The summed E-state index contributed by atoms with van der Waals surface area (Å²) in [4.78, 5) is 3.14. The molecular weight excluding hydrogens is 230 g/mol. The number of aliphatic hydroxyl groups is 1. The summed E-state index contributed by atoms with van der Waals surface area (Å²) in [6.07, 6.45) is 1.99. The average molecular weight is 247 g/mol. The van der Waals surface area contributed by atoms with Gasteiger partial charge in [-0.25, -0.2) is 0 Å². The molecule has 0 saturated heterocycles. The van der Waals surface area contributed by atoms with Crippen molar-refractivity contribution >= 4 is 34.1 Å². The minimum absolute atomic E-state index is 0.143. The van der Waals surface area contributed by atoms with Crippen molar-refractivity contribution in [1.82, 2.24) is 4.37 Å². The standard InChI is InChI=1S/C9H17N3OS2/c1-6(2)12(4-5-13)9-7(14-3)8(10)11-15-9/h6,13H,4-5H2,1-3H3,(H2,10,11). The Balaban J connectivity index is 2.99. The van der Waals surface area contributed by atoms with E-state index >= 15 is 0 Å². The Kier molecular flexibility index (Phi) is 4.69. The number of hydrogen-bond acceptors (Lipinski definition) is 6. The zero-order valence-corrected chi connectivity index (χ0v) is 10.9. The van der Waals surface area contributed by atoms with Gasteiger partial charge in [0.25, 0.3) is 0 Å². The molecule has 4 nitrogen and oxygen atoms in total. The normalized spacial score (nSPS) is 11.0. The first kappa shape index (κ1) is 12.6. The lowest BCUT2D eigenvalue weighted by Crippen LogP contribution is -2.33. The monoisotopic (exact) mass is 247 g/mol. The Bertz CT molecular complexity index is 314. The molecule has 0 radical (unpaired) electrons. The third kappa shape index (κ3) is 2.76. The summed E-state index contributed by atoms with van der Waals surface area (Å²) < 4.78 is 4.15. The van der Waals surface area contributed by atoms with Crippen molar-refractivity contribution in [3.63, 3.8) is 0 Å². The molecule has 1 heterocycles. The number of thioether (sulfide) groups is 1. The fourth-order valence-electron chi connectivity index (χ4n) is 1.36. The molecule has 0 amide bonds. The number of nitrogens with zero attached hydrogens (tertiary/aromatic N) is 2. The van der Waals surface area contributed by atoms with Crippen molar-refractivity contribution in [3.05, 3.63) is 0 Å². The van der Waals surface area contributed by atoms with E-state index in [9.17, 15) is 0 Å². The fraction of sp³-hybridized carbons (Fsp3) is 0.667. The van der Waals surface area contributed by atoms with Crippen LogP contribution in [0.1, 0.15) is 13.8 Å². The van der Waals surface area contributed by atoms with Gasteiger partial charge in [-0.3, -0.25) is 0 Å². The van der Waals surface area contributed by atoms with Crippen molar-refractivity contribution in [1.29, 1.82) is 0 Å². The Morgan fingerprint density at radius 2 is 2.27 bits per heavy atom. The fourth-order valence-corrected chi connectivity index (χ4v) is 3.20. The van der Waals surface area contributed by atoms with E-state index in [1.165, 1.54) is 11.5 Å². The van der Waals surface area contributed by atoms with E-state index in [0.29, 0.717) is 18.4 Å². The molecule has 0 bridgehead atoms. The minimum Gasteiger partial charge on any atom is -0.395 e. The zero-order chi connectivity index (χ0) is 11.4. The maximum Gasteiger partial charge on any atom is 0.153 e. The Hall–Kier alpha value is -0.460. The average Bonchev–Trinajstić information content (AvgIpc) is 2.55. The molecule has 6 heteroatoms. The number of nitrogen functional groups attached to an aromatic ring is 1. The molecule has 0 aliphatic heterocycles. The van der Waals surface area contributed by atoms with Crippen LogP contribution in [0, 0.1) is 0 Å². The van der Waals surface area contributed by atoms with Gasteiger partial charge in [0.15, 0.2) is 5.82 Å². The highest BCUT2D eigenvalue weighted by molar-refractivity contribution is 7.99. The van der Waals surface area contributed by atoms with Gasteiger partial charge in [0.05, 0.1) is 11.5 Å². The van der Waals surface area contributed by atoms with Gasteiger partial charge in [0, 0.05) is 12.6 Å². The minimum atomic E-state index is 0.143. The van der Waals surface area contributed by atoms with Crippen molar-refractivity contribution in [2.24, 2.45) is 0 Å². The van der Waals surface area contributed by atoms with E-state index in [1.54, 1.807) is 11.8 Å². The van der Waals surface area contributed by atoms with Crippen molar-refractivity contribution < 1.29 is 5.11 Å². The third-order valence-corrected chi connectivity index (χ3v) is 3.93. The van der Waals surface area contributed by atoms with Gasteiger partial charge >= 0.3 is 0 Å². The first-order valence-corrected chi connectivity index (χ1v) is 6.78. The predicted octanol–water partition coefficient (Wildman–Crippen LogP) is 1.65. The molecule has 0 atom stereocenters. The van der Waals surface area contributed by atoms with Gasteiger partial charge in [-0.15, -0.1) is 11.8 Å². The van der Waals surface area contributed by atoms with Crippen LogP contribution in [0.15, 0.2) is 4.90 Å². The highest BCUT2D eigenvalue weighted by Crippen LogP contribution is 2.38. The van der Waals surface area contributed by atoms with Gasteiger partial charge in [0.1, 0.15) is 5.00 Å². The van der Waals surface area contributed by atoms with Crippen molar-refractivity contribution in [2.75, 3.05) is 30.0 Å². The summed E-state index contributed by atoms with van der Waals surface area (Å²) in [5.41, 5.74) is 5.78. The highest BCUT2D eigenvalue weighted by atomic mass is 32.2. The Labute approximate surface area is 98.6 Å². The zero-order valence-electron chi connectivity index (χ0n) is 9.23. The largest absolute Gasteiger partial charge is 0.395 e. The van der Waals surface area contributed by atoms with E-state index in [-0.39, 0.29) is 6.61 Å². The van der Waals surface area contributed by atoms with Crippen molar-refractivity contribution in [3.8, 4) is 0 Å². The second-order valence-electron chi connectivity index (χ2n) is 3.42. The summed E-state index contributed by atoms with van der Waals surface area (Å²) in [5, 5.41) is 10.1. The third-order valence-electron chi connectivity index (χ3n) is 2.09. The molecule has 15 heavy (non-hydrogen) atoms. The number of rotatable bonds is 5. The topological polar surface area (TPSA) is 62.4 Å². The van der Waals surface area contributed by atoms with E-state index in [0.717, 1.165) is 9.90 Å². The quantitative estimate of drug-likeness (QED) is 0.775. The smallest absolute Gasteiger partial charge is 0.153 e. The SMILES string of the molecule is CSc1c(N)nsc1N(CCO)C(C)C. The van der Waals surface area contributed by atoms with E-state index in [4.69, 9.17) is 10.8 Å². The van der Waals surface area contributed by atoms with Crippen LogP contribution in [0.5, 0.6) is 0 Å². The van der Waals surface area contributed by atoms with Crippen LogP contribution in [0.4, 0.5) is 10.8 Å². The number of hydrogen-bond donors (Lipinski definition) is 2. The Morgan fingerprint density at radius 1 is 1.60 bits per heavy atom. The summed E-state index contributed by atoms with van der Waals surface area (Å²) in [5.74, 6) is 0.589. The highest BCUT2D eigenvalue weighted by Gasteiger charge is 2.18. The van der Waals surface area contributed by atoms with Crippen LogP contribution >= 0.6 is 23.3 Å². The van der Waals surface area contributed by atoms with Crippen LogP contribution in [0.3, 0.4) is 0 Å². The van der Waals surface area contributed by atoms with Crippen LogP contribution in [-0.4, -0.2) is 34.9 Å². The molecule has 1 aromatic rings. The van der Waals surface area contributed by atoms with Crippen LogP contribution in [0.2, 0.25) is 0 Å². The van der Waals surface area contributed by atoms with Gasteiger partial charge in [-0.1, -0.05) is 0 Å². The number of aliphatic hydroxyl groups excluding tert-OH is 1.